The van der Waals surface area contributed by atoms with Gasteiger partial charge in [-0.05, 0) is 44.8 Å². The van der Waals surface area contributed by atoms with Gasteiger partial charge in [0.25, 0.3) is 0 Å². The van der Waals surface area contributed by atoms with E-state index in [4.69, 9.17) is 9.47 Å². The molecule has 102 valence electrons. The van der Waals surface area contributed by atoms with Crippen LogP contribution in [0.5, 0.6) is 0 Å². The minimum Gasteiger partial charge on any atom is -0.383 e. The van der Waals surface area contributed by atoms with Crippen LogP contribution in [0.25, 0.3) is 0 Å². The summed E-state index contributed by atoms with van der Waals surface area (Å²) in [7, 11) is 3.53. The Morgan fingerprint density at radius 2 is 1.59 bits per heavy atom. The van der Waals surface area contributed by atoms with Crippen molar-refractivity contribution in [2.24, 2.45) is 5.92 Å². The van der Waals surface area contributed by atoms with Crippen LogP contribution in [0.1, 0.15) is 19.3 Å². The van der Waals surface area contributed by atoms with Crippen LogP contribution < -0.4 is 5.32 Å². The first-order chi connectivity index (χ1) is 8.36. The van der Waals surface area contributed by atoms with Gasteiger partial charge < -0.3 is 14.8 Å². The number of ether oxygens (including phenoxy) is 2. The van der Waals surface area contributed by atoms with E-state index in [1.54, 1.807) is 14.2 Å². The SMILES string of the molecule is COCCN(CCOC)CCC1CCNCC1. The van der Waals surface area contributed by atoms with E-state index in [1.165, 1.54) is 38.9 Å². The summed E-state index contributed by atoms with van der Waals surface area (Å²) in [6.07, 6.45) is 3.99. The second kappa shape index (κ2) is 9.83. The van der Waals surface area contributed by atoms with E-state index in [2.05, 4.69) is 10.2 Å². The molecule has 0 aromatic rings. The lowest BCUT2D eigenvalue weighted by molar-refractivity contribution is 0.109. The Morgan fingerprint density at radius 1 is 1.00 bits per heavy atom. The number of hydrogen-bond donors (Lipinski definition) is 1. The average molecular weight is 244 g/mol. The molecular formula is C13H28N2O2. The first-order valence-electron chi connectivity index (χ1n) is 6.77. The van der Waals surface area contributed by atoms with Gasteiger partial charge in [0.05, 0.1) is 13.2 Å². The molecule has 0 atom stereocenters. The van der Waals surface area contributed by atoms with Crippen LogP contribution in [-0.2, 0) is 9.47 Å². The molecule has 1 rings (SSSR count). The largest absolute Gasteiger partial charge is 0.383 e. The summed E-state index contributed by atoms with van der Waals surface area (Å²) < 4.78 is 10.3. The molecule has 1 saturated heterocycles. The molecule has 1 aliphatic rings. The van der Waals surface area contributed by atoms with Crippen molar-refractivity contribution in [1.29, 1.82) is 0 Å². The van der Waals surface area contributed by atoms with Crippen LogP contribution in [-0.4, -0.2) is 65.1 Å². The van der Waals surface area contributed by atoms with Crippen LogP contribution in [0.2, 0.25) is 0 Å². The van der Waals surface area contributed by atoms with Crippen molar-refractivity contribution in [3.63, 3.8) is 0 Å². The Balaban J connectivity index is 2.16. The number of hydrogen-bond acceptors (Lipinski definition) is 4. The molecule has 0 spiro atoms. The molecule has 1 aliphatic heterocycles. The maximum atomic E-state index is 5.15. The maximum absolute atomic E-state index is 5.15. The zero-order chi connectivity index (χ0) is 12.3. The Labute approximate surface area is 106 Å². The second-order valence-electron chi connectivity index (χ2n) is 4.81. The van der Waals surface area contributed by atoms with Gasteiger partial charge in [-0.3, -0.25) is 4.90 Å². The van der Waals surface area contributed by atoms with Crippen molar-refractivity contribution in [3.05, 3.63) is 0 Å². The van der Waals surface area contributed by atoms with Crippen LogP contribution in [0, 0.1) is 5.92 Å². The topological polar surface area (TPSA) is 33.7 Å². The summed E-state index contributed by atoms with van der Waals surface area (Å²) in [5, 5.41) is 3.42. The lowest BCUT2D eigenvalue weighted by Crippen LogP contribution is -2.34. The van der Waals surface area contributed by atoms with Crippen molar-refractivity contribution in [1.82, 2.24) is 10.2 Å². The van der Waals surface area contributed by atoms with Crippen molar-refractivity contribution < 1.29 is 9.47 Å². The summed E-state index contributed by atoms with van der Waals surface area (Å²) in [6, 6.07) is 0. The van der Waals surface area contributed by atoms with E-state index in [1.807, 2.05) is 0 Å². The average Bonchev–Trinajstić information content (AvgIpc) is 2.39. The number of nitrogens with one attached hydrogen (secondary N) is 1. The smallest absolute Gasteiger partial charge is 0.0589 e. The molecule has 0 bridgehead atoms. The Kier molecular flexibility index (Phi) is 8.61. The molecule has 0 unspecified atom stereocenters. The third kappa shape index (κ3) is 6.99. The Bertz CT molecular complexity index is 165. The third-order valence-corrected chi connectivity index (χ3v) is 3.54. The molecule has 0 saturated carbocycles. The van der Waals surface area contributed by atoms with Gasteiger partial charge in [-0.1, -0.05) is 0 Å². The third-order valence-electron chi connectivity index (χ3n) is 3.54. The fourth-order valence-corrected chi connectivity index (χ4v) is 2.31. The first-order valence-corrected chi connectivity index (χ1v) is 6.77. The van der Waals surface area contributed by atoms with E-state index in [-0.39, 0.29) is 0 Å². The van der Waals surface area contributed by atoms with Crippen LogP contribution in [0.4, 0.5) is 0 Å². The molecule has 0 aliphatic carbocycles. The van der Waals surface area contributed by atoms with E-state index in [9.17, 15) is 0 Å². The maximum Gasteiger partial charge on any atom is 0.0589 e. The lowest BCUT2D eigenvalue weighted by Gasteiger charge is -2.27. The molecule has 0 radical (unpaired) electrons. The summed E-state index contributed by atoms with van der Waals surface area (Å²) in [4.78, 5) is 2.45. The van der Waals surface area contributed by atoms with Crippen molar-refractivity contribution in [2.75, 3.05) is 60.2 Å². The molecule has 0 amide bonds. The van der Waals surface area contributed by atoms with Gasteiger partial charge in [-0.2, -0.15) is 0 Å². The van der Waals surface area contributed by atoms with E-state index in [0.717, 1.165) is 32.2 Å². The predicted octanol–water partition coefficient (Wildman–Crippen LogP) is 0.971. The van der Waals surface area contributed by atoms with Crippen LogP contribution in [0.3, 0.4) is 0 Å². The lowest BCUT2D eigenvalue weighted by atomic mass is 9.94. The van der Waals surface area contributed by atoms with Crippen molar-refractivity contribution >= 4 is 0 Å². The number of rotatable bonds is 9. The summed E-state index contributed by atoms with van der Waals surface area (Å²) in [5.41, 5.74) is 0. The van der Waals surface area contributed by atoms with Crippen LogP contribution in [0.15, 0.2) is 0 Å². The minimum atomic E-state index is 0.815. The van der Waals surface area contributed by atoms with Crippen LogP contribution >= 0.6 is 0 Å². The van der Waals surface area contributed by atoms with Gasteiger partial charge in [-0.15, -0.1) is 0 Å². The molecular weight excluding hydrogens is 216 g/mol. The summed E-state index contributed by atoms with van der Waals surface area (Å²) in [5.74, 6) is 0.906. The van der Waals surface area contributed by atoms with Crippen molar-refractivity contribution in [2.45, 2.75) is 19.3 Å². The normalized spacial score (nSPS) is 17.8. The minimum absolute atomic E-state index is 0.815. The number of nitrogens with zero attached hydrogens (tertiary/aromatic N) is 1. The van der Waals surface area contributed by atoms with E-state index in [0.29, 0.717) is 0 Å². The summed E-state index contributed by atoms with van der Waals surface area (Å²) >= 11 is 0. The van der Waals surface area contributed by atoms with Crippen molar-refractivity contribution in [3.8, 4) is 0 Å². The van der Waals surface area contributed by atoms with Gasteiger partial charge >= 0.3 is 0 Å². The number of piperidine rings is 1. The zero-order valence-corrected chi connectivity index (χ0v) is 11.4. The highest BCUT2D eigenvalue weighted by molar-refractivity contribution is 4.70. The van der Waals surface area contributed by atoms with E-state index < -0.39 is 0 Å². The van der Waals surface area contributed by atoms with Gasteiger partial charge in [0, 0.05) is 27.3 Å². The molecule has 0 aromatic heterocycles. The molecule has 1 fully saturated rings. The number of methoxy groups -OCH3 is 2. The monoisotopic (exact) mass is 244 g/mol. The molecule has 1 N–H and O–H groups in total. The summed E-state index contributed by atoms with van der Waals surface area (Å²) in [6.45, 7) is 7.24. The quantitative estimate of drug-likeness (QED) is 0.655. The molecule has 1 heterocycles. The van der Waals surface area contributed by atoms with Gasteiger partial charge in [-0.25, -0.2) is 0 Å². The highest BCUT2D eigenvalue weighted by Gasteiger charge is 2.14. The Morgan fingerprint density at radius 3 is 2.12 bits per heavy atom. The van der Waals surface area contributed by atoms with Gasteiger partial charge in [0.2, 0.25) is 0 Å². The Hall–Kier alpha value is -0.160. The first kappa shape index (κ1) is 14.9. The predicted molar refractivity (Wildman–Crippen MR) is 70.4 cm³/mol. The highest BCUT2D eigenvalue weighted by Crippen LogP contribution is 2.16. The fraction of sp³-hybridized carbons (Fsp3) is 1.00. The standard InChI is InChI=1S/C13H28N2O2/c1-16-11-9-15(10-12-17-2)8-5-13-3-6-14-7-4-13/h13-14H,3-12H2,1-2H3. The van der Waals surface area contributed by atoms with Gasteiger partial charge in [0.15, 0.2) is 0 Å². The molecule has 4 heteroatoms. The van der Waals surface area contributed by atoms with Gasteiger partial charge in [0.1, 0.15) is 0 Å². The fourth-order valence-electron chi connectivity index (χ4n) is 2.31. The molecule has 4 nitrogen and oxygen atoms in total. The highest BCUT2D eigenvalue weighted by atomic mass is 16.5. The second-order valence-corrected chi connectivity index (χ2v) is 4.81. The zero-order valence-electron chi connectivity index (χ0n) is 11.4. The van der Waals surface area contributed by atoms with E-state index >= 15 is 0 Å². The molecule has 17 heavy (non-hydrogen) atoms. The molecule has 0 aromatic carbocycles.